The average Bonchev–Trinajstić information content (AvgIpc) is 2.04. The van der Waals surface area contributed by atoms with Crippen LogP contribution in [0.15, 0.2) is 12.3 Å². The highest BCUT2D eigenvalue weighted by Crippen LogP contribution is 2.17. The number of carbonyl (C=O) groups is 1. The second-order valence-electron chi connectivity index (χ2n) is 2.22. The van der Waals surface area contributed by atoms with Gasteiger partial charge in [0.25, 0.3) is 0 Å². The Kier molecular flexibility index (Phi) is 2.93. The summed E-state index contributed by atoms with van der Waals surface area (Å²) >= 11 is 5.48. The molecule has 0 saturated carbocycles. The molecule has 0 atom stereocenters. The molecule has 0 saturated heterocycles. The van der Waals surface area contributed by atoms with E-state index in [-0.39, 0.29) is 10.7 Å². The maximum absolute atomic E-state index is 13.0. The summed E-state index contributed by atoms with van der Waals surface area (Å²) in [5.41, 5.74) is -0.314. The molecule has 0 spiro atoms. The second-order valence-corrected chi connectivity index (χ2v) is 2.57. The molecule has 1 aromatic heterocycles. The van der Waals surface area contributed by atoms with Crippen LogP contribution in [0.2, 0.25) is 5.15 Å². The summed E-state index contributed by atoms with van der Waals surface area (Å²) in [7, 11) is 0. The van der Waals surface area contributed by atoms with Gasteiger partial charge in [0.15, 0.2) is 5.78 Å². The zero-order valence-electron chi connectivity index (χ0n) is 6.42. The Morgan fingerprint density at radius 2 is 2.46 bits per heavy atom. The van der Waals surface area contributed by atoms with Gasteiger partial charge in [-0.05, 0) is 6.07 Å². The van der Waals surface area contributed by atoms with Gasteiger partial charge < -0.3 is 0 Å². The van der Waals surface area contributed by atoms with Crippen LogP contribution < -0.4 is 0 Å². The largest absolute Gasteiger partial charge is 0.293 e. The molecule has 1 heterocycles. The van der Waals surface area contributed by atoms with Crippen molar-refractivity contribution in [2.75, 3.05) is 0 Å². The minimum absolute atomic E-state index is 0.208. The third kappa shape index (κ3) is 2.01. The number of hydrogen-bond donors (Lipinski definition) is 0. The van der Waals surface area contributed by atoms with E-state index in [0.29, 0.717) is 0 Å². The lowest BCUT2D eigenvalue weighted by Gasteiger charge is -1.99. The number of nitriles is 1. The van der Waals surface area contributed by atoms with Crippen molar-refractivity contribution in [2.45, 2.75) is 6.42 Å². The van der Waals surface area contributed by atoms with Crippen molar-refractivity contribution in [3.63, 3.8) is 0 Å². The molecular formula is C8H4ClFN2O. The lowest BCUT2D eigenvalue weighted by molar-refractivity contribution is 0.0993. The van der Waals surface area contributed by atoms with Gasteiger partial charge in [0, 0.05) is 6.20 Å². The minimum atomic E-state index is -0.750. The number of halogens is 2. The first kappa shape index (κ1) is 9.62. The van der Waals surface area contributed by atoms with Crippen LogP contribution in [0.3, 0.4) is 0 Å². The van der Waals surface area contributed by atoms with E-state index in [0.717, 1.165) is 12.3 Å². The van der Waals surface area contributed by atoms with Gasteiger partial charge in [0.05, 0.1) is 18.1 Å². The smallest absolute Gasteiger partial charge is 0.182 e. The van der Waals surface area contributed by atoms with Gasteiger partial charge in [-0.2, -0.15) is 5.26 Å². The van der Waals surface area contributed by atoms with E-state index in [1.807, 2.05) is 0 Å². The number of ketones is 1. The number of aromatic nitrogens is 1. The first-order valence-corrected chi connectivity index (χ1v) is 3.74. The zero-order chi connectivity index (χ0) is 9.84. The highest BCUT2D eigenvalue weighted by molar-refractivity contribution is 6.32. The molecule has 3 nitrogen and oxygen atoms in total. The van der Waals surface area contributed by atoms with E-state index in [1.165, 1.54) is 0 Å². The highest BCUT2D eigenvalue weighted by atomic mass is 35.5. The van der Waals surface area contributed by atoms with Crippen molar-refractivity contribution < 1.29 is 9.18 Å². The fraction of sp³-hybridized carbons (Fsp3) is 0.125. The lowest BCUT2D eigenvalue weighted by Crippen LogP contribution is -2.03. The van der Waals surface area contributed by atoms with Crippen LogP contribution in [0.25, 0.3) is 0 Å². The number of rotatable bonds is 2. The standard InChI is InChI=1S/C8H4ClFN2O/c9-8-7(6(13)1-3-11)5(10)2-4-12-8/h2,4H,1H2. The first-order valence-electron chi connectivity index (χ1n) is 3.37. The van der Waals surface area contributed by atoms with E-state index >= 15 is 0 Å². The van der Waals surface area contributed by atoms with Crippen LogP contribution in [0.5, 0.6) is 0 Å². The van der Waals surface area contributed by atoms with Crippen molar-refractivity contribution in [3.05, 3.63) is 28.8 Å². The van der Waals surface area contributed by atoms with Gasteiger partial charge in [0.1, 0.15) is 11.0 Å². The lowest BCUT2D eigenvalue weighted by atomic mass is 10.1. The number of carbonyl (C=O) groups excluding carboxylic acids is 1. The van der Waals surface area contributed by atoms with E-state index in [9.17, 15) is 9.18 Å². The molecule has 1 aromatic rings. The molecular weight excluding hydrogens is 195 g/mol. The van der Waals surface area contributed by atoms with Crippen molar-refractivity contribution in [1.82, 2.24) is 4.98 Å². The maximum Gasteiger partial charge on any atom is 0.182 e. The van der Waals surface area contributed by atoms with Crippen molar-refractivity contribution in [1.29, 1.82) is 5.26 Å². The van der Waals surface area contributed by atoms with E-state index in [2.05, 4.69) is 4.98 Å². The Bertz CT molecular complexity index is 366. The molecule has 0 unspecified atom stereocenters. The van der Waals surface area contributed by atoms with Crippen LogP contribution in [-0.4, -0.2) is 10.8 Å². The Hall–Kier alpha value is -1.47. The first-order chi connectivity index (χ1) is 6.16. The molecule has 0 N–H and O–H groups in total. The molecule has 0 aromatic carbocycles. The Balaban J connectivity index is 3.14. The molecule has 5 heteroatoms. The summed E-state index contributed by atoms with van der Waals surface area (Å²) in [6.07, 6.45) is 0.753. The molecule has 0 radical (unpaired) electrons. The maximum atomic E-state index is 13.0. The summed E-state index contributed by atoms with van der Waals surface area (Å²) in [4.78, 5) is 14.6. The number of nitrogens with zero attached hydrogens (tertiary/aromatic N) is 2. The number of Topliss-reactive ketones (excluding diaryl/α,β-unsaturated/α-hetero) is 1. The normalized spacial score (nSPS) is 9.31. The Morgan fingerprint density at radius 3 is 3.00 bits per heavy atom. The number of hydrogen-bond acceptors (Lipinski definition) is 3. The molecule has 13 heavy (non-hydrogen) atoms. The summed E-state index contributed by atoms with van der Waals surface area (Å²) in [5.74, 6) is -1.40. The van der Waals surface area contributed by atoms with E-state index < -0.39 is 18.0 Å². The van der Waals surface area contributed by atoms with E-state index in [1.54, 1.807) is 6.07 Å². The predicted molar refractivity (Wildman–Crippen MR) is 43.8 cm³/mol. The zero-order valence-corrected chi connectivity index (χ0v) is 7.18. The van der Waals surface area contributed by atoms with Gasteiger partial charge in [0.2, 0.25) is 0 Å². The average molecular weight is 199 g/mol. The molecule has 0 aliphatic rings. The predicted octanol–water partition coefficient (Wildman–Crippen LogP) is 1.97. The van der Waals surface area contributed by atoms with Gasteiger partial charge in [-0.15, -0.1) is 0 Å². The molecule has 0 amide bonds. The topological polar surface area (TPSA) is 53.8 Å². The third-order valence-electron chi connectivity index (χ3n) is 1.37. The van der Waals surface area contributed by atoms with Crippen LogP contribution in [0, 0.1) is 17.1 Å². The molecule has 0 bridgehead atoms. The van der Waals surface area contributed by atoms with Crippen LogP contribution in [0.4, 0.5) is 4.39 Å². The summed E-state index contributed by atoms with van der Waals surface area (Å²) in [6.45, 7) is 0. The van der Waals surface area contributed by atoms with E-state index in [4.69, 9.17) is 16.9 Å². The fourth-order valence-corrected chi connectivity index (χ4v) is 1.07. The third-order valence-corrected chi connectivity index (χ3v) is 1.66. The fourth-order valence-electron chi connectivity index (χ4n) is 0.823. The molecule has 0 fully saturated rings. The van der Waals surface area contributed by atoms with Gasteiger partial charge in [-0.1, -0.05) is 11.6 Å². The quantitative estimate of drug-likeness (QED) is 0.539. The van der Waals surface area contributed by atoms with Crippen LogP contribution in [-0.2, 0) is 0 Å². The molecule has 1 rings (SSSR count). The van der Waals surface area contributed by atoms with Gasteiger partial charge in [-0.3, -0.25) is 4.79 Å². The Labute approximate surface area is 78.8 Å². The Morgan fingerprint density at radius 1 is 1.77 bits per heavy atom. The van der Waals surface area contributed by atoms with Crippen molar-refractivity contribution in [3.8, 4) is 6.07 Å². The van der Waals surface area contributed by atoms with Gasteiger partial charge >= 0.3 is 0 Å². The summed E-state index contributed by atoms with van der Waals surface area (Å²) in [5, 5.41) is 8.01. The number of pyridine rings is 1. The summed E-state index contributed by atoms with van der Waals surface area (Å²) in [6, 6.07) is 2.64. The van der Waals surface area contributed by atoms with Crippen LogP contribution in [0.1, 0.15) is 16.8 Å². The summed E-state index contributed by atoms with van der Waals surface area (Å²) < 4.78 is 13.0. The molecule has 66 valence electrons. The monoisotopic (exact) mass is 198 g/mol. The van der Waals surface area contributed by atoms with Crippen molar-refractivity contribution in [2.24, 2.45) is 0 Å². The highest BCUT2D eigenvalue weighted by Gasteiger charge is 2.15. The van der Waals surface area contributed by atoms with Crippen LogP contribution >= 0.6 is 11.6 Å². The SMILES string of the molecule is N#CCC(=O)c1c(F)ccnc1Cl. The molecule has 0 aliphatic heterocycles. The minimum Gasteiger partial charge on any atom is -0.293 e. The second kappa shape index (κ2) is 3.97. The van der Waals surface area contributed by atoms with Gasteiger partial charge in [-0.25, -0.2) is 9.37 Å². The van der Waals surface area contributed by atoms with Crippen molar-refractivity contribution >= 4 is 17.4 Å². The molecule has 0 aliphatic carbocycles.